The second-order valence-electron chi connectivity index (χ2n) is 4.45. The zero-order valence-corrected chi connectivity index (χ0v) is 11.6. The highest BCUT2D eigenvalue weighted by Crippen LogP contribution is 2.30. The van der Waals surface area contributed by atoms with Gasteiger partial charge in [0.05, 0.1) is 0 Å². The van der Waals surface area contributed by atoms with E-state index in [1.54, 1.807) is 24.3 Å². The molecule has 2 aromatic rings. The van der Waals surface area contributed by atoms with Crippen molar-refractivity contribution in [1.29, 1.82) is 0 Å². The SMILES string of the molecule is NC(=O)c1oc2ccccc2c1NC(=O)C(=O)NCCCO. The average molecular weight is 305 g/mol. The second kappa shape index (κ2) is 6.72. The van der Waals surface area contributed by atoms with Gasteiger partial charge < -0.3 is 25.9 Å². The Labute approximate surface area is 125 Å². The van der Waals surface area contributed by atoms with Gasteiger partial charge in [0.1, 0.15) is 11.3 Å². The van der Waals surface area contributed by atoms with Gasteiger partial charge in [-0.05, 0) is 18.6 Å². The lowest BCUT2D eigenvalue weighted by Crippen LogP contribution is -2.36. The van der Waals surface area contributed by atoms with E-state index in [9.17, 15) is 14.4 Å². The van der Waals surface area contributed by atoms with E-state index in [4.69, 9.17) is 15.3 Å². The van der Waals surface area contributed by atoms with Crippen molar-refractivity contribution in [2.24, 2.45) is 5.73 Å². The predicted octanol–water partition coefficient (Wildman–Crippen LogP) is -0.0312. The summed E-state index contributed by atoms with van der Waals surface area (Å²) in [5, 5.41) is 13.8. The molecule has 1 aromatic carbocycles. The highest BCUT2D eigenvalue weighted by atomic mass is 16.3. The molecule has 0 saturated heterocycles. The first-order valence-corrected chi connectivity index (χ1v) is 6.56. The van der Waals surface area contributed by atoms with Crippen LogP contribution in [-0.2, 0) is 9.59 Å². The number of primary amides is 1. The number of hydrogen-bond acceptors (Lipinski definition) is 5. The van der Waals surface area contributed by atoms with E-state index in [1.165, 1.54) is 0 Å². The van der Waals surface area contributed by atoms with E-state index in [0.717, 1.165) is 0 Å². The number of rotatable bonds is 5. The van der Waals surface area contributed by atoms with Crippen LogP contribution in [0.4, 0.5) is 5.69 Å². The van der Waals surface area contributed by atoms with Gasteiger partial charge in [0.15, 0.2) is 0 Å². The summed E-state index contributed by atoms with van der Waals surface area (Å²) >= 11 is 0. The summed E-state index contributed by atoms with van der Waals surface area (Å²) in [5.41, 5.74) is 5.64. The van der Waals surface area contributed by atoms with Crippen LogP contribution in [0.25, 0.3) is 11.0 Å². The Hall–Kier alpha value is -2.87. The van der Waals surface area contributed by atoms with Crippen LogP contribution in [0.2, 0.25) is 0 Å². The normalized spacial score (nSPS) is 10.4. The van der Waals surface area contributed by atoms with E-state index < -0.39 is 17.7 Å². The maximum Gasteiger partial charge on any atom is 0.313 e. The number of aliphatic hydroxyl groups excluding tert-OH is 1. The highest BCUT2D eigenvalue weighted by Gasteiger charge is 2.22. The molecule has 5 N–H and O–H groups in total. The largest absolute Gasteiger partial charge is 0.449 e. The van der Waals surface area contributed by atoms with Gasteiger partial charge in [-0.25, -0.2) is 0 Å². The molecule has 22 heavy (non-hydrogen) atoms. The smallest absolute Gasteiger partial charge is 0.313 e. The van der Waals surface area contributed by atoms with Crippen LogP contribution in [0.5, 0.6) is 0 Å². The molecule has 0 aliphatic heterocycles. The minimum Gasteiger partial charge on any atom is -0.449 e. The summed E-state index contributed by atoms with van der Waals surface area (Å²) < 4.78 is 5.29. The highest BCUT2D eigenvalue weighted by molar-refractivity contribution is 6.40. The Kier molecular flexibility index (Phi) is 4.74. The number of carbonyl (C=O) groups is 3. The van der Waals surface area contributed by atoms with Gasteiger partial charge in [-0.15, -0.1) is 0 Å². The van der Waals surface area contributed by atoms with Gasteiger partial charge >= 0.3 is 11.8 Å². The Morgan fingerprint density at radius 2 is 1.91 bits per heavy atom. The first kappa shape index (κ1) is 15.5. The minimum absolute atomic E-state index is 0.0606. The fourth-order valence-corrected chi connectivity index (χ4v) is 1.87. The van der Waals surface area contributed by atoms with Crippen LogP contribution in [0.3, 0.4) is 0 Å². The summed E-state index contributed by atoms with van der Waals surface area (Å²) in [7, 11) is 0. The number of nitrogens with two attached hydrogens (primary N) is 1. The third kappa shape index (κ3) is 3.23. The molecule has 2 rings (SSSR count). The molecular weight excluding hydrogens is 290 g/mol. The van der Waals surface area contributed by atoms with Crippen molar-refractivity contribution in [3.63, 3.8) is 0 Å². The van der Waals surface area contributed by atoms with E-state index in [2.05, 4.69) is 10.6 Å². The molecule has 3 amide bonds. The van der Waals surface area contributed by atoms with Crippen molar-refractivity contribution in [3.8, 4) is 0 Å². The first-order chi connectivity index (χ1) is 10.5. The number of amides is 3. The zero-order valence-electron chi connectivity index (χ0n) is 11.6. The zero-order chi connectivity index (χ0) is 16.1. The molecule has 116 valence electrons. The lowest BCUT2D eigenvalue weighted by atomic mass is 10.2. The van der Waals surface area contributed by atoms with Gasteiger partial charge in [-0.3, -0.25) is 14.4 Å². The van der Waals surface area contributed by atoms with Crippen LogP contribution in [0.15, 0.2) is 28.7 Å². The number of nitrogens with one attached hydrogen (secondary N) is 2. The number of benzene rings is 1. The summed E-state index contributed by atoms with van der Waals surface area (Å²) in [5.74, 6) is -2.91. The van der Waals surface area contributed by atoms with Crippen molar-refractivity contribution < 1.29 is 23.9 Å². The van der Waals surface area contributed by atoms with Gasteiger partial charge in [0.25, 0.3) is 5.91 Å². The molecule has 0 fully saturated rings. The summed E-state index contributed by atoms with van der Waals surface area (Å²) in [6.45, 7) is 0.0671. The molecule has 8 nitrogen and oxygen atoms in total. The van der Waals surface area contributed by atoms with Crippen LogP contribution in [0, 0.1) is 0 Å². The molecule has 0 saturated carbocycles. The molecule has 0 unspecified atom stereocenters. The topological polar surface area (TPSA) is 135 Å². The fourth-order valence-electron chi connectivity index (χ4n) is 1.87. The fraction of sp³-hybridized carbons (Fsp3) is 0.214. The molecule has 0 radical (unpaired) electrons. The number of fused-ring (bicyclic) bond motifs is 1. The van der Waals surface area contributed by atoms with Gasteiger partial charge in [-0.2, -0.15) is 0 Å². The molecule has 8 heteroatoms. The van der Waals surface area contributed by atoms with Gasteiger partial charge in [0.2, 0.25) is 5.76 Å². The van der Waals surface area contributed by atoms with E-state index in [0.29, 0.717) is 17.4 Å². The molecule has 0 spiro atoms. The molecule has 1 aromatic heterocycles. The standard InChI is InChI=1S/C14H15N3O5/c15-12(19)11-10(8-4-1-2-5-9(8)22-11)17-14(21)13(20)16-6-3-7-18/h1-2,4-5,18H,3,6-7H2,(H2,15,19)(H,16,20)(H,17,21). The Balaban J connectivity index is 2.23. The Bertz CT molecular complexity index is 722. The number of anilines is 1. The molecule has 1 heterocycles. The van der Waals surface area contributed by atoms with Crippen LogP contribution in [-0.4, -0.2) is 36.0 Å². The first-order valence-electron chi connectivity index (χ1n) is 6.56. The Morgan fingerprint density at radius 1 is 1.18 bits per heavy atom. The number of aliphatic hydroxyl groups is 1. The molecular formula is C14H15N3O5. The second-order valence-corrected chi connectivity index (χ2v) is 4.45. The Morgan fingerprint density at radius 3 is 2.59 bits per heavy atom. The van der Waals surface area contributed by atoms with Crippen LogP contribution >= 0.6 is 0 Å². The predicted molar refractivity (Wildman–Crippen MR) is 78.1 cm³/mol. The van der Waals surface area contributed by atoms with E-state index in [1.807, 2.05) is 0 Å². The summed E-state index contributed by atoms with van der Waals surface area (Å²) in [6.07, 6.45) is 0.334. The molecule has 0 aliphatic rings. The monoisotopic (exact) mass is 305 g/mol. The van der Waals surface area contributed by atoms with Gasteiger partial charge in [-0.1, -0.05) is 12.1 Å². The number of hydrogen-bond donors (Lipinski definition) is 4. The molecule has 0 bridgehead atoms. The number of carbonyl (C=O) groups excluding carboxylic acids is 3. The lowest BCUT2D eigenvalue weighted by molar-refractivity contribution is -0.136. The third-order valence-corrected chi connectivity index (χ3v) is 2.88. The quantitative estimate of drug-likeness (QED) is 0.454. The third-order valence-electron chi connectivity index (χ3n) is 2.88. The minimum atomic E-state index is -0.952. The van der Waals surface area contributed by atoms with Crippen LogP contribution < -0.4 is 16.4 Å². The van der Waals surface area contributed by atoms with E-state index in [-0.39, 0.29) is 24.6 Å². The maximum absolute atomic E-state index is 11.8. The van der Waals surface area contributed by atoms with Crippen LogP contribution in [0.1, 0.15) is 17.0 Å². The average Bonchev–Trinajstić information content (AvgIpc) is 2.86. The molecule has 0 atom stereocenters. The van der Waals surface area contributed by atoms with E-state index >= 15 is 0 Å². The molecule has 0 aliphatic carbocycles. The van der Waals surface area contributed by atoms with Crippen molar-refractivity contribution in [2.75, 3.05) is 18.5 Å². The van der Waals surface area contributed by atoms with Gasteiger partial charge in [0, 0.05) is 18.5 Å². The maximum atomic E-state index is 11.8. The lowest BCUT2D eigenvalue weighted by Gasteiger charge is -2.05. The van der Waals surface area contributed by atoms with Crippen molar-refractivity contribution in [1.82, 2.24) is 5.32 Å². The number of para-hydroxylation sites is 1. The summed E-state index contributed by atoms with van der Waals surface area (Å²) in [6, 6.07) is 6.63. The van der Waals surface area contributed by atoms with Crippen molar-refractivity contribution in [3.05, 3.63) is 30.0 Å². The van der Waals surface area contributed by atoms with Crippen molar-refractivity contribution in [2.45, 2.75) is 6.42 Å². The van der Waals surface area contributed by atoms with Crippen molar-refractivity contribution >= 4 is 34.4 Å². The number of furan rings is 1. The summed E-state index contributed by atoms with van der Waals surface area (Å²) in [4.78, 5) is 34.9.